The SMILES string of the molecule is CNC(C)(C#N)CC(C)SCC(=O)NC1CC1. The van der Waals surface area contributed by atoms with E-state index in [-0.39, 0.29) is 11.2 Å². The molecule has 0 saturated heterocycles. The predicted octanol–water partition coefficient (Wildman–Crippen LogP) is 1.28. The van der Waals surface area contributed by atoms with Crippen LogP contribution in [0.3, 0.4) is 0 Å². The first kappa shape index (κ1) is 14.3. The van der Waals surface area contributed by atoms with Crippen molar-refractivity contribution >= 4 is 17.7 Å². The van der Waals surface area contributed by atoms with Crippen molar-refractivity contribution in [2.24, 2.45) is 0 Å². The zero-order valence-electron chi connectivity index (χ0n) is 10.7. The van der Waals surface area contributed by atoms with E-state index in [2.05, 4.69) is 23.6 Å². The molecule has 0 aromatic carbocycles. The van der Waals surface area contributed by atoms with Crippen molar-refractivity contribution in [3.63, 3.8) is 0 Å². The number of carbonyl (C=O) groups excluding carboxylic acids is 1. The predicted molar refractivity (Wildman–Crippen MR) is 70.8 cm³/mol. The highest BCUT2D eigenvalue weighted by atomic mass is 32.2. The molecule has 0 heterocycles. The van der Waals surface area contributed by atoms with Gasteiger partial charge in [-0.3, -0.25) is 4.79 Å². The van der Waals surface area contributed by atoms with E-state index in [1.54, 1.807) is 18.8 Å². The molecular weight excluding hydrogens is 234 g/mol. The molecule has 2 unspecified atom stereocenters. The maximum atomic E-state index is 11.5. The van der Waals surface area contributed by atoms with Crippen LogP contribution in [-0.4, -0.2) is 35.5 Å². The minimum Gasteiger partial charge on any atom is -0.353 e. The maximum Gasteiger partial charge on any atom is 0.230 e. The summed E-state index contributed by atoms with van der Waals surface area (Å²) in [7, 11) is 1.79. The van der Waals surface area contributed by atoms with E-state index in [4.69, 9.17) is 5.26 Å². The molecule has 1 saturated carbocycles. The summed E-state index contributed by atoms with van der Waals surface area (Å²) in [6.07, 6.45) is 2.98. The molecule has 0 aromatic rings. The van der Waals surface area contributed by atoms with Gasteiger partial charge in [0, 0.05) is 11.3 Å². The molecule has 2 N–H and O–H groups in total. The molecule has 96 valence electrons. The molecule has 1 fully saturated rings. The molecule has 1 aliphatic rings. The third-order valence-electron chi connectivity index (χ3n) is 2.94. The van der Waals surface area contributed by atoms with E-state index in [0.29, 0.717) is 11.8 Å². The summed E-state index contributed by atoms with van der Waals surface area (Å²) in [5, 5.41) is 15.3. The number of nitrogens with one attached hydrogen (secondary N) is 2. The van der Waals surface area contributed by atoms with Crippen molar-refractivity contribution in [3.05, 3.63) is 0 Å². The Morgan fingerprint density at radius 2 is 2.29 bits per heavy atom. The van der Waals surface area contributed by atoms with Gasteiger partial charge in [-0.15, -0.1) is 11.8 Å². The molecule has 17 heavy (non-hydrogen) atoms. The second-order valence-electron chi connectivity index (χ2n) is 4.86. The zero-order chi connectivity index (χ0) is 12.9. The van der Waals surface area contributed by atoms with E-state index in [9.17, 15) is 4.79 Å². The van der Waals surface area contributed by atoms with Gasteiger partial charge in [0.1, 0.15) is 5.54 Å². The van der Waals surface area contributed by atoms with Crippen LogP contribution in [0.1, 0.15) is 33.1 Å². The van der Waals surface area contributed by atoms with Crippen molar-refractivity contribution in [1.29, 1.82) is 5.26 Å². The summed E-state index contributed by atoms with van der Waals surface area (Å²) in [6, 6.07) is 2.69. The number of rotatable bonds is 7. The van der Waals surface area contributed by atoms with Gasteiger partial charge in [0.2, 0.25) is 5.91 Å². The van der Waals surface area contributed by atoms with Gasteiger partial charge in [-0.1, -0.05) is 6.92 Å². The van der Waals surface area contributed by atoms with E-state index >= 15 is 0 Å². The Morgan fingerprint density at radius 1 is 1.65 bits per heavy atom. The Balaban J connectivity index is 2.21. The van der Waals surface area contributed by atoms with Crippen molar-refractivity contribution in [2.75, 3.05) is 12.8 Å². The van der Waals surface area contributed by atoms with Crippen LogP contribution in [0, 0.1) is 11.3 Å². The van der Waals surface area contributed by atoms with Gasteiger partial charge in [-0.05, 0) is 33.2 Å². The Hall–Kier alpha value is -0.730. The molecule has 2 atom stereocenters. The third-order valence-corrected chi connectivity index (χ3v) is 4.10. The summed E-state index contributed by atoms with van der Waals surface area (Å²) in [5.41, 5.74) is -0.501. The lowest BCUT2D eigenvalue weighted by Gasteiger charge is -2.24. The molecular formula is C12H21N3OS. The highest BCUT2D eigenvalue weighted by molar-refractivity contribution is 8.00. The van der Waals surface area contributed by atoms with E-state index < -0.39 is 5.54 Å². The minimum atomic E-state index is -0.501. The van der Waals surface area contributed by atoms with Crippen molar-refractivity contribution in [2.45, 2.75) is 49.9 Å². The fourth-order valence-corrected chi connectivity index (χ4v) is 2.52. The van der Waals surface area contributed by atoms with Gasteiger partial charge < -0.3 is 10.6 Å². The van der Waals surface area contributed by atoms with Crippen LogP contribution in [0.4, 0.5) is 0 Å². The first-order valence-corrected chi connectivity index (χ1v) is 7.05. The van der Waals surface area contributed by atoms with Gasteiger partial charge >= 0.3 is 0 Å². The lowest BCUT2D eigenvalue weighted by Crippen LogP contribution is -2.40. The summed E-state index contributed by atoms with van der Waals surface area (Å²) < 4.78 is 0. The largest absolute Gasteiger partial charge is 0.353 e. The van der Waals surface area contributed by atoms with Crippen LogP contribution in [0.5, 0.6) is 0 Å². The topological polar surface area (TPSA) is 64.9 Å². The molecule has 1 rings (SSSR count). The van der Waals surface area contributed by atoms with Gasteiger partial charge in [0.15, 0.2) is 0 Å². The molecule has 0 aliphatic heterocycles. The van der Waals surface area contributed by atoms with Crippen LogP contribution in [-0.2, 0) is 4.79 Å². The van der Waals surface area contributed by atoms with Crippen LogP contribution in [0.15, 0.2) is 0 Å². The number of amides is 1. The Labute approximate surface area is 108 Å². The van der Waals surface area contributed by atoms with Crippen molar-refractivity contribution < 1.29 is 4.79 Å². The molecule has 4 nitrogen and oxygen atoms in total. The van der Waals surface area contributed by atoms with Crippen LogP contribution < -0.4 is 10.6 Å². The molecule has 0 radical (unpaired) electrons. The first-order valence-electron chi connectivity index (χ1n) is 6.00. The lowest BCUT2D eigenvalue weighted by molar-refractivity contribution is -0.118. The molecule has 0 spiro atoms. The summed E-state index contributed by atoms with van der Waals surface area (Å²) >= 11 is 1.61. The van der Waals surface area contributed by atoms with E-state index in [1.165, 1.54) is 0 Å². The normalized spacial score (nSPS) is 20.1. The first-order chi connectivity index (χ1) is 7.99. The lowest BCUT2D eigenvalue weighted by atomic mass is 9.98. The number of nitriles is 1. The highest BCUT2D eigenvalue weighted by Gasteiger charge is 2.26. The number of carbonyl (C=O) groups is 1. The average molecular weight is 255 g/mol. The molecule has 0 bridgehead atoms. The van der Waals surface area contributed by atoms with Gasteiger partial charge in [-0.25, -0.2) is 0 Å². The van der Waals surface area contributed by atoms with E-state index in [1.807, 2.05) is 6.92 Å². The van der Waals surface area contributed by atoms with Crippen LogP contribution in [0.25, 0.3) is 0 Å². The molecule has 1 aliphatic carbocycles. The number of thioether (sulfide) groups is 1. The summed E-state index contributed by atoms with van der Waals surface area (Å²) in [4.78, 5) is 11.5. The third kappa shape index (κ3) is 5.42. The summed E-state index contributed by atoms with van der Waals surface area (Å²) in [6.45, 7) is 3.94. The highest BCUT2D eigenvalue weighted by Crippen LogP contribution is 2.22. The number of hydrogen-bond acceptors (Lipinski definition) is 4. The van der Waals surface area contributed by atoms with Gasteiger partial charge in [0.05, 0.1) is 11.8 Å². The van der Waals surface area contributed by atoms with E-state index in [0.717, 1.165) is 19.3 Å². The number of hydrogen-bond donors (Lipinski definition) is 2. The standard InChI is InChI=1S/C12H21N3OS/c1-9(6-12(2,8-13)14-3)17-7-11(16)15-10-4-5-10/h9-10,14H,4-7H2,1-3H3,(H,15,16). The van der Waals surface area contributed by atoms with Gasteiger partial charge in [0.25, 0.3) is 0 Å². The van der Waals surface area contributed by atoms with Gasteiger partial charge in [-0.2, -0.15) is 5.26 Å². The molecule has 1 amide bonds. The zero-order valence-corrected chi connectivity index (χ0v) is 11.6. The summed E-state index contributed by atoms with van der Waals surface area (Å²) in [5.74, 6) is 0.607. The van der Waals surface area contributed by atoms with Crippen molar-refractivity contribution in [1.82, 2.24) is 10.6 Å². The fraction of sp³-hybridized carbons (Fsp3) is 0.833. The van der Waals surface area contributed by atoms with Crippen molar-refractivity contribution in [3.8, 4) is 6.07 Å². The Morgan fingerprint density at radius 3 is 2.76 bits per heavy atom. The quantitative estimate of drug-likeness (QED) is 0.719. The number of nitrogens with zero attached hydrogens (tertiary/aromatic N) is 1. The Bertz CT molecular complexity index is 311. The van der Waals surface area contributed by atoms with Crippen LogP contribution in [0.2, 0.25) is 0 Å². The van der Waals surface area contributed by atoms with Crippen LogP contribution >= 0.6 is 11.8 Å². The monoisotopic (exact) mass is 255 g/mol. The molecule has 5 heteroatoms. The minimum absolute atomic E-state index is 0.118. The second-order valence-corrected chi connectivity index (χ2v) is 6.29. The smallest absolute Gasteiger partial charge is 0.230 e. The Kier molecular flexibility index (Phi) is 5.29. The average Bonchev–Trinajstić information content (AvgIpc) is 3.10. The fourth-order valence-electron chi connectivity index (χ4n) is 1.55. The molecule has 0 aromatic heterocycles. The second kappa shape index (κ2) is 6.27. The maximum absolute atomic E-state index is 11.5.